The highest BCUT2D eigenvalue weighted by Gasteiger charge is 2.14. The Morgan fingerprint density at radius 3 is 3.17 bits per heavy atom. The highest BCUT2D eigenvalue weighted by molar-refractivity contribution is 7.13. The Hall–Kier alpha value is -1.83. The van der Waals surface area contributed by atoms with E-state index in [1.54, 1.807) is 6.20 Å². The van der Waals surface area contributed by atoms with Crippen molar-refractivity contribution in [3.63, 3.8) is 0 Å². The summed E-state index contributed by atoms with van der Waals surface area (Å²) in [6.07, 6.45) is 5.06. The van der Waals surface area contributed by atoms with Crippen LogP contribution in [-0.2, 0) is 20.7 Å². The maximum absolute atomic E-state index is 12.0. The van der Waals surface area contributed by atoms with Crippen LogP contribution in [0.2, 0.25) is 0 Å². The summed E-state index contributed by atoms with van der Waals surface area (Å²) in [5.74, 6) is -0.0546. The number of hydrogen-bond donors (Lipinski definition) is 1. The van der Waals surface area contributed by atoms with E-state index in [9.17, 15) is 4.79 Å². The Bertz CT molecular complexity index is 642. The first-order valence-corrected chi connectivity index (χ1v) is 9.05. The van der Waals surface area contributed by atoms with E-state index < -0.39 is 0 Å². The number of thiazole rings is 1. The highest BCUT2D eigenvalue weighted by Crippen LogP contribution is 2.21. The van der Waals surface area contributed by atoms with Crippen LogP contribution in [0.5, 0.6) is 0 Å². The average Bonchev–Trinajstić information content (AvgIpc) is 3.09. The Labute approximate surface area is 145 Å². The van der Waals surface area contributed by atoms with Gasteiger partial charge in [-0.15, -0.1) is 11.3 Å². The van der Waals surface area contributed by atoms with E-state index in [0.29, 0.717) is 13.2 Å². The fraction of sp³-hybridized carbons (Fsp3) is 0.471. The number of carbonyl (C=O) groups excluding carboxylic acids is 1. The maximum Gasteiger partial charge on any atom is 0.226 e. The van der Waals surface area contributed by atoms with E-state index in [1.807, 2.05) is 23.6 Å². The largest absolute Gasteiger partial charge is 0.353 e. The van der Waals surface area contributed by atoms with Crippen LogP contribution in [0.3, 0.4) is 0 Å². The summed E-state index contributed by atoms with van der Waals surface area (Å²) in [4.78, 5) is 20.7. The van der Waals surface area contributed by atoms with Gasteiger partial charge in [0.15, 0.2) is 6.29 Å². The smallest absolute Gasteiger partial charge is 0.226 e. The molecule has 1 fully saturated rings. The summed E-state index contributed by atoms with van der Waals surface area (Å²) < 4.78 is 11.1. The van der Waals surface area contributed by atoms with Crippen LogP contribution in [-0.4, -0.2) is 41.9 Å². The second-order valence-electron chi connectivity index (χ2n) is 5.55. The van der Waals surface area contributed by atoms with Crippen molar-refractivity contribution in [3.05, 3.63) is 35.5 Å². The molecule has 6 nitrogen and oxygen atoms in total. The zero-order valence-electron chi connectivity index (χ0n) is 13.4. The Morgan fingerprint density at radius 2 is 2.38 bits per heavy atom. The van der Waals surface area contributed by atoms with Gasteiger partial charge in [0, 0.05) is 24.7 Å². The quantitative estimate of drug-likeness (QED) is 0.779. The molecule has 2 aromatic heterocycles. The van der Waals surface area contributed by atoms with E-state index >= 15 is 0 Å². The molecule has 3 rings (SSSR count). The predicted octanol–water partition coefficient (Wildman–Crippen LogP) is 2.41. The summed E-state index contributed by atoms with van der Waals surface area (Å²) in [6, 6.07) is 5.70. The number of hydrogen-bond acceptors (Lipinski definition) is 6. The van der Waals surface area contributed by atoms with Gasteiger partial charge in [0.2, 0.25) is 5.91 Å². The molecule has 1 atom stereocenters. The molecule has 0 saturated carbocycles. The molecular formula is C17H21N3O3S. The number of rotatable bonds is 7. The van der Waals surface area contributed by atoms with E-state index in [1.165, 1.54) is 11.3 Å². The predicted molar refractivity (Wildman–Crippen MR) is 91.6 cm³/mol. The van der Waals surface area contributed by atoms with Crippen molar-refractivity contribution in [2.24, 2.45) is 0 Å². The summed E-state index contributed by atoms with van der Waals surface area (Å²) >= 11 is 1.50. The first-order valence-electron chi connectivity index (χ1n) is 8.17. The molecule has 0 aromatic carbocycles. The monoisotopic (exact) mass is 347 g/mol. The summed E-state index contributed by atoms with van der Waals surface area (Å²) in [6.45, 7) is 1.71. The van der Waals surface area contributed by atoms with E-state index in [2.05, 4.69) is 15.3 Å². The normalized spacial score (nSPS) is 17.6. The number of pyridine rings is 1. The van der Waals surface area contributed by atoms with Crippen LogP contribution in [0.15, 0.2) is 29.8 Å². The molecule has 7 heteroatoms. The van der Waals surface area contributed by atoms with E-state index in [-0.39, 0.29) is 18.6 Å². The van der Waals surface area contributed by atoms with Crippen LogP contribution in [0, 0.1) is 0 Å². The number of carbonyl (C=O) groups is 1. The Kier molecular flexibility index (Phi) is 6.28. The second kappa shape index (κ2) is 8.86. The minimum Gasteiger partial charge on any atom is -0.353 e. The van der Waals surface area contributed by atoms with Gasteiger partial charge < -0.3 is 14.8 Å². The third kappa shape index (κ3) is 5.09. The molecule has 0 aliphatic carbocycles. The summed E-state index contributed by atoms with van der Waals surface area (Å²) in [7, 11) is 0. The molecule has 0 spiro atoms. The molecule has 0 bridgehead atoms. The molecule has 0 radical (unpaired) electrons. The first-order chi connectivity index (χ1) is 11.8. The molecule has 2 aromatic rings. The molecule has 1 N–H and O–H groups in total. The fourth-order valence-electron chi connectivity index (χ4n) is 2.45. The molecule has 24 heavy (non-hydrogen) atoms. The van der Waals surface area contributed by atoms with Crippen molar-refractivity contribution in [2.45, 2.75) is 32.0 Å². The van der Waals surface area contributed by atoms with Gasteiger partial charge in [-0.1, -0.05) is 6.07 Å². The van der Waals surface area contributed by atoms with Crippen molar-refractivity contribution < 1.29 is 14.3 Å². The van der Waals surface area contributed by atoms with E-state index in [4.69, 9.17) is 9.47 Å². The molecule has 1 aliphatic heterocycles. The third-order valence-corrected chi connectivity index (χ3v) is 4.56. The average molecular weight is 347 g/mol. The summed E-state index contributed by atoms with van der Waals surface area (Å²) in [5, 5.41) is 5.58. The van der Waals surface area contributed by atoms with Gasteiger partial charge in [0.05, 0.1) is 24.4 Å². The lowest BCUT2D eigenvalue weighted by atomic mass is 10.2. The minimum atomic E-state index is -0.116. The Balaban J connectivity index is 1.38. The molecule has 0 unspecified atom stereocenters. The van der Waals surface area contributed by atoms with Gasteiger partial charge in [-0.3, -0.25) is 9.78 Å². The van der Waals surface area contributed by atoms with Gasteiger partial charge >= 0.3 is 0 Å². The first kappa shape index (κ1) is 17.0. The lowest BCUT2D eigenvalue weighted by Gasteiger charge is -2.22. The SMILES string of the molecule is O=C(Cc1csc(-c2ccccn2)n1)NCCO[C@H]1CCCCO1. The fourth-order valence-corrected chi connectivity index (χ4v) is 3.24. The number of ether oxygens (including phenoxy) is 2. The van der Waals surface area contributed by atoms with Crippen molar-refractivity contribution in [1.29, 1.82) is 0 Å². The molecule has 1 saturated heterocycles. The van der Waals surface area contributed by atoms with Crippen LogP contribution in [0.4, 0.5) is 0 Å². The van der Waals surface area contributed by atoms with Crippen molar-refractivity contribution in [2.75, 3.05) is 19.8 Å². The number of nitrogens with zero attached hydrogens (tertiary/aromatic N) is 2. The standard InChI is InChI=1S/C17H21N3O3S/c21-15(19-8-10-23-16-6-2-4-9-22-16)11-13-12-24-17(20-13)14-5-1-3-7-18-14/h1,3,5,7,12,16H,2,4,6,8-11H2,(H,19,21)/t16-/m0/s1. The zero-order chi connectivity index (χ0) is 16.6. The van der Waals surface area contributed by atoms with Gasteiger partial charge in [-0.2, -0.15) is 0 Å². The second-order valence-corrected chi connectivity index (χ2v) is 6.41. The van der Waals surface area contributed by atoms with Gasteiger partial charge in [0.1, 0.15) is 5.01 Å². The van der Waals surface area contributed by atoms with Gasteiger partial charge in [-0.25, -0.2) is 4.98 Å². The third-order valence-electron chi connectivity index (χ3n) is 3.64. The lowest BCUT2D eigenvalue weighted by Crippen LogP contribution is -2.31. The van der Waals surface area contributed by atoms with Crippen LogP contribution in [0.1, 0.15) is 25.0 Å². The number of amides is 1. The summed E-state index contributed by atoms with van der Waals surface area (Å²) in [5.41, 5.74) is 1.59. The highest BCUT2D eigenvalue weighted by atomic mass is 32.1. The maximum atomic E-state index is 12.0. The van der Waals surface area contributed by atoms with Crippen molar-refractivity contribution >= 4 is 17.2 Å². The van der Waals surface area contributed by atoms with Crippen LogP contribution in [0.25, 0.3) is 10.7 Å². The van der Waals surface area contributed by atoms with Gasteiger partial charge in [-0.05, 0) is 31.4 Å². The van der Waals surface area contributed by atoms with Crippen molar-refractivity contribution in [3.8, 4) is 10.7 Å². The number of nitrogens with one attached hydrogen (secondary N) is 1. The van der Waals surface area contributed by atoms with E-state index in [0.717, 1.165) is 42.3 Å². The molecule has 1 amide bonds. The lowest BCUT2D eigenvalue weighted by molar-refractivity contribution is -0.161. The number of aromatic nitrogens is 2. The molecule has 1 aliphatic rings. The molecule has 128 valence electrons. The molecular weight excluding hydrogens is 326 g/mol. The molecule has 3 heterocycles. The van der Waals surface area contributed by atoms with Crippen molar-refractivity contribution in [1.82, 2.24) is 15.3 Å². The Morgan fingerprint density at radius 1 is 1.42 bits per heavy atom. The van der Waals surface area contributed by atoms with Crippen LogP contribution >= 0.6 is 11.3 Å². The zero-order valence-corrected chi connectivity index (χ0v) is 14.3. The topological polar surface area (TPSA) is 73.3 Å². The van der Waals surface area contributed by atoms with Crippen LogP contribution < -0.4 is 5.32 Å². The van der Waals surface area contributed by atoms with Gasteiger partial charge in [0.25, 0.3) is 0 Å². The minimum absolute atomic E-state index is 0.0546.